The van der Waals surface area contributed by atoms with Crippen LogP contribution in [0.15, 0.2) is 24.3 Å². The van der Waals surface area contributed by atoms with Crippen molar-refractivity contribution in [2.45, 2.75) is 0 Å². The summed E-state index contributed by atoms with van der Waals surface area (Å²) in [5, 5.41) is 17.3. The fraction of sp³-hybridized carbons (Fsp3) is 0. The first kappa shape index (κ1) is 15.8. The Morgan fingerprint density at radius 2 is 1.12 bits per heavy atom. The molecule has 0 radical (unpaired) electrons. The highest BCUT2D eigenvalue weighted by molar-refractivity contribution is 5.69. The SMILES string of the molecule is NC(N)=O.NC(N)=O.Oc1cccc(O)c1. The van der Waals surface area contributed by atoms with Gasteiger partial charge in [0.2, 0.25) is 0 Å². The van der Waals surface area contributed by atoms with Crippen LogP contribution in [-0.2, 0) is 0 Å². The van der Waals surface area contributed by atoms with Crippen molar-refractivity contribution in [2.24, 2.45) is 22.9 Å². The summed E-state index contributed by atoms with van der Waals surface area (Å²) in [6, 6.07) is 4.18. The van der Waals surface area contributed by atoms with E-state index in [1.54, 1.807) is 6.07 Å². The number of carbonyl (C=O) groups is 2. The summed E-state index contributed by atoms with van der Waals surface area (Å²) in [6.45, 7) is 0. The van der Waals surface area contributed by atoms with Gasteiger partial charge in [-0.15, -0.1) is 0 Å². The number of benzene rings is 1. The van der Waals surface area contributed by atoms with E-state index in [4.69, 9.17) is 19.8 Å². The van der Waals surface area contributed by atoms with Gasteiger partial charge < -0.3 is 33.1 Å². The second kappa shape index (κ2) is 8.94. The van der Waals surface area contributed by atoms with E-state index in [0.29, 0.717) is 0 Å². The lowest BCUT2D eigenvalue weighted by Gasteiger charge is -1.89. The lowest BCUT2D eigenvalue weighted by atomic mass is 10.3. The quantitative estimate of drug-likeness (QED) is 0.339. The monoisotopic (exact) mass is 230 g/mol. The van der Waals surface area contributed by atoms with E-state index < -0.39 is 12.1 Å². The third kappa shape index (κ3) is 22.5. The van der Waals surface area contributed by atoms with Gasteiger partial charge in [0.1, 0.15) is 11.5 Å². The Balaban J connectivity index is 0. The molecule has 0 heterocycles. The lowest BCUT2D eigenvalue weighted by molar-refractivity contribution is 0.255. The number of carbonyl (C=O) groups excluding carboxylic acids is 2. The number of urea groups is 2. The van der Waals surface area contributed by atoms with E-state index >= 15 is 0 Å². The number of rotatable bonds is 0. The van der Waals surface area contributed by atoms with Crippen molar-refractivity contribution >= 4 is 12.1 Å². The van der Waals surface area contributed by atoms with Crippen LogP contribution >= 0.6 is 0 Å². The van der Waals surface area contributed by atoms with Crippen molar-refractivity contribution in [3.63, 3.8) is 0 Å². The van der Waals surface area contributed by atoms with E-state index in [-0.39, 0.29) is 11.5 Å². The summed E-state index contributed by atoms with van der Waals surface area (Å²) in [5.74, 6) is 0.176. The van der Waals surface area contributed by atoms with Gasteiger partial charge in [0.25, 0.3) is 0 Å². The van der Waals surface area contributed by atoms with Crippen LogP contribution < -0.4 is 22.9 Å². The summed E-state index contributed by atoms with van der Waals surface area (Å²) in [6.07, 6.45) is 0. The van der Waals surface area contributed by atoms with Gasteiger partial charge >= 0.3 is 12.1 Å². The molecule has 1 aromatic carbocycles. The minimum atomic E-state index is -0.833. The fourth-order valence-electron chi connectivity index (χ4n) is 0.493. The third-order valence-electron chi connectivity index (χ3n) is 0.830. The van der Waals surface area contributed by atoms with Gasteiger partial charge in [0, 0.05) is 6.07 Å². The highest BCUT2D eigenvalue weighted by Gasteiger charge is 1.85. The summed E-state index contributed by atoms with van der Waals surface area (Å²) in [4.78, 5) is 18.0. The summed E-state index contributed by atoms with van der Waals surface area (Å²) in [5.41, 5.74) is 17.0. The second-order valence-corrected chi connectivity index (χ2v) is 2.32. The van der Waals surface area contributed by atoms with E-state index in [0.717, 1.165) is 0 Å². The molecule has 0 bridgehead atoms. The van der Waals surface area contributed by atoms with Gasteiger partial charge in [-0.2, -0.15) is 0 Å². The number of nitrogens with two attached hydrogens (primary N) is 4. The molecule has 0 aliphatic carbocycles. The molecule has 8 nitrogen and oxygen atoms in total. The van der Waals surface area contributed by atoms with E-state index in [9.17, 15) is 0 Å². The van der Waals surface area contributed by atoms with Gasteiger partial charge in [-0.05, 0) is 12.1 Å². The molecule has 90 valence electrons. The normalized spacial score (nSPS) is 7.50. The molecule has 0 saturated carbocycles. The Morgan fingerprint density at radius 3 is 1.25 bits per heavy atom. The Bertz CT molecular complexity index is 305. The summed E-state index contributed by atoms with van der Waals surface area (Å²) >= 11 is 0. The molecule has 0 aromatic heterocycles. The largest absolute Gasteiger partial charge is 0.508 e. The van der Waals surface area contributed by atoms with E-state index in [2.05, 4.69) is 22.9 Å². The van der Waals surface area contributed by atoms with Crippen LogP contribution in [0.5, 0.6) is 11.5 Å². The lowest BCUT2D eigenvalue weighted by Crippen LogP contribution is -2.18. The van der Waals surface area contributed by atoms with Gasteiger partial charge in [-0.25, -0.2) is 9.59 Å². The van der Waals surface area contributed by atoms with Crippen molar-refractivity contribution in [3.8, 4) is 11.5 Å². The molecule has 16 heavy (non-hydrogen) atoms. The van der Waals surface area contributed by atoms with E-state index in [1.165, 1.54) is 18.2 Å². The molecule has 0 spiro atoms. The molecule has 0 aliphatic rings. The number of phenolic OH excluding ortho intramolecular Hbond substituents is 2. The smallest absolute Gasteiger partial charge is 0.309 e. The minimum Gasteiger partial charge on any atom is -0.508 e. The average Bonchev–Trinajstić information content (AvgIpc) is 2.00. The Morgan fingerprint density at radius 1 is 0.875 bits per heavy atom. The molecule has 0 saturated heterocycles. The molecule has 0 unspecified atom stereocenters. The number of hydrogen-bond acceptors (Lipinski definition) is 4. The highest BCUT2D eigenvalue weighted by Crippen LogP contribution is 2.14. The van der Waals surface area contributed by atoms with Crippen LogP contribution in [0.2, 0.25) is 0 Å². The number of aromatic hydroxyl groups is 2. The molecular formula is C8H14N4O4. The molecule has 1 rings (SSSR count). The Labute approximate surface area is 91.4 Å². The molecular weight excluding hydrogens is 216 g/mol. The predicted octanol–water partition coefficient (Wildman–Crippen LogP) is -0.855. The van der Waals surface area contributed by atoms with Crippen molar-refractivity contribution in [3.05, 3.63) is 24.3 Å². The second-order valence-electron chi connectivity index (χ2n) is 2.32. The average molecular weight is 230 g/mol. The van der Waals surface area contributed by atoms with Crippen LogP contribution in [0.3, 0.4) is 0 Å². The summed E-state index contributed by atoms with van der Waals surface area (Å²) < 4.78 is 0. The van der Waals surface area contributed by atoms with Gasteiger partial charge in [-0.3, -0.25) is 0 Å². The number of phenols is 2. The van der Waals surface area contributed by atoms with Crippen LogP contribution in [-0.4, -0.2) is 22.3 Å². The number of hydrogen-bond donors (Lipinski definition) is 6. The maximum Gasteiger partial charge on any atom is 0.309 e. The molecule has 1 aromatic rings. The van der Waals surface area contributed by atoms with Crippen LogP contribution in [0.1, 0.15) is 0 Å². The zero-order valence-corrected chi connectivity index (χ0v) is 8.33. The van der Waals surface area contributed by atoms with Crippen LogP contribution in [0.25, 0.3) is 0 Å². The van der Waals surface area contributed by atoms with Gasteiger partial charge in [-0.1, -0.05) is 6.07 Å². The van der Waals surface area contributed by atoms with Crippen molar-refractivity contribution in [2.75, 3.05) is 0 Å². The standard InChI is InChI=1S/C6H6O2.2CH4N2O/c7-5-2-1-3-6(8)4-5;2*2-1(3)4/h1-4,7-8H;2*(H4,2,3,4). The first-order valence-electron chi connectivity index (χ1n) is 3.83. The number of amides is 4. The zero-order valence-electron chi connectivity index (χ0n) is 8.33. The third-order valence-corrected chi connectivity index (χ3v) is 0.830. The van der Waals surface area contributed by atoms with E-state index in [1.807, 2.05) is 0 Å². The maximum atomic E-state index is 9.00. The topological polar surface area (TPSA) is 179 Å². The van der Waals surface area contributed by atoms with Crippen molar-refractivity contribution < 1.29 is 19.8 Å². The minimum absolute atomic E-state index is 0.0880. The predicted molar refractivity (Wildman–Crippen MR) is 57.3 cm³/mol. The fourth-order valence-corrected chi connectivity index (χ4v) is 0.493. The Hall–Kier alpha value is -2.64. The van der Waals surface area contributed by atoms with Crippen molar-refractivity contribution in [1.82, 2.24) is 0 Å². The Kier molecular flexibility index (Phi) is 8.83. The first-order chi connectivity index (χ1) is 7.25. The maximum absolute atomic E-state index is 9.00. The molecule has 4 amide bonds. The van der Waals surface area contributed by atoms with Gasteiger partial charge in [0.05, 0.1) is 0 Å². The molecule has 0 atom stereocenters. The van der Waals surface area contributed by atoms with Crippen LogP contribution in [0, 0.1) is 0 Å². The first-order valence-corrected chi connectivity index (χ1v) is 3.83. The van der Waals surface area contributed by atoms with Crippen molar-refractivity contribution in [1.29, 1.82) is 0 Å². The zero-order chi connectivity index (χ0) is 13.1. The number of primary amides is 4. The van der Waals surface area contributed by atoms with Gasteiger partial charge in [0.15, 0.2) is 0 Å². The highest BCUT2D eigenvalue weighted by atomic mass is 16.3. The molecule has 10 N–H and O–H groups in total. The molecule has 0 fully saturated rings. The molecule has 8 heteroatoms. The van der Waals surface area contributed by atoms with Crippen LogP contribution in [0.4, 0.5) is 9.59 Å². The molecule has 0 aliphatic heterocycles. The summed E-state index contributed by atoms with van der Waals surface area (Å²) in [7, 11) is 0.